The largest absolute Gasteiger partial charge is 0.462 e. The average Bonchev–Trinajstić information content (AvgIpc) is 3.17. The van der Waals surface area contributed by atoms with Crippen LogP contribution in [0.5, 0.6) is 0 Å². The number of nitrogens with zero attached hydrogens (tertiary/aromatic N) is 5. The third-order valence-electron chi connectivity index (χ3n) is 2.91. The van der Waals surface area contributed by atoms with Gasteiger partial charge in [-0.25, -0.2) is 14.5 Å². The van der Waals surface area contributed by atoms with Crippen molar-refractivity contribution < 1.29 is 9.53 Å². The van der Waals surface area contributed by atoms with Gasteiger partial charge in [-0.15, -0.1) is 5.10 Å². The van der Waals surface area contributed by atoms with E-state index >= 15 is 0 Å². The van der Waals surface area contributed by atoms with Gasteiger partial charge in [0.1, 0.15) is 0 Å². The lowest BCUT2D eigenvalue weighted by Gasteiger charge is -2.03. The summed E-state index contributed by atoms with van der Waals surface area (Å²) in [5, 5.41) is 10.2. The van der Waals surface area contributed by atoms with Gasteiger partial charge in [0.2, 0.25) is 0 Å². The van der Waals surface area contributed by atoms with Gasteiger partial charge in [-0.05, 0) is 19.1 Å². The Morgan fingerprint density at radius 1 is 1.41 bits per heavy atom. The van der Waals surface area contributed by atoms with Crippen molar-refractivity contribution in [3.8, 4) is 11.5 Å². The van der Waals surface area contributed by atoms with Crippen molar-refractivity contribution in [1.29, 1.82) is 0 Å². The molecule has 0 saturated heterocycles. The smallest absolute Gasteiger partial charge is 0.339 e. The SMILES string of the molecule is CCOC(=O)c1ccc(-n2[nH]cc(-n3ccnn3)c2=O)nc1. The number of H-pyrrole nitrogens is 1. The first kappa shape index (κ1) is 13.7. The Hall–Kier alpha value is -3.23. The highest BCUT2D eigenvalue weighted by atomic mass is 16.5. The minimum Gasteiger partial charge on any atom is -0.462 e. The van der Waals surface area contributed by atoms with Gasteiger partial charge in [0.25, 0.3) is 5.56 Å². The van der Waals surface area contributed by atoms with Crippen LogP contribution in [0.3, 0.4) is 0 Å². The van der Waals surface area contributed by atoms with Crippen molar-refractivity contribution in [2.24, 2.45) is 0 Å². The van der Waals surface area contributed by atoms with E-state index in [1.807, 2.05) is 0 Å². The van der Waals surface area contributed by atoms with Crippen molar-refractivity contribution in [2.45, 2.75) is 6.92 Å². The molecule has 0 aliphatic heterocycles. The highest BCUT2D eigenvalue weighted by Crippen LogP contribution is 2.06. The van der Waals surface area contributed by atoms with Crippen molar-refractivity contribution >= 4 is 5.97 Å². The monoisotopic (exact) mass is 300 g/mol. The number of aromatic amines is 1. The van der Waals surface area contributed by atoms with E-state index in [0.717, 1.165) is 0 Å². The maximum atomic E-state index is 12.3. The van der Waals surface area contributed by atoms with Gasteiger partial charge in [-0.2, -0.15) is 4.68 Å². The molecule has 0 spiro atoms. The number of carbonyl (C=O) groups is 1. The number of rotatable bonds is 4. The Bertz CT molecular complexity index is 832. The van der Waals surface area contributed by atoms with Crippen LogP contribution in [0.1, 0.15) is 17.3 Å². The maximum absolute atomic E-state index is 12.3. The Balaban J connectivity index is 1.92. The van der Waals surface area contributed by atoms with Gasteiger partial charge in [0, 0.05) is 6.20 Å². The van der Waals surface area contributed by atoms with Crippen molar-refractivity contribution in [3.63, 3.8) is 0 Å². The molecule has 1 N–H and O–H groups in total. The molecule has 22 heavy (non-hydrogen) atoms. The molecule has 3 aromatic heterocycles. The van der Waals surface area contributed by atoms with E-state index in [9.17, 15) is 9.59 Å². The number of esters is 1. The molecule has 0 bridgehead atoms. The zero-order chi connectivity index (χ0) is 15.5. The second-order valence-electron chi connectivity index (χ2n) is 4.27. The molecule has 0 unspecified atom stereocenters. The average molecular weight is 300 g/mol. The van der Waals surface area contributed by atoms with Gasteiger partial charge in [0.05, 0.1) is 30.8 Å². The molecule has 3 rings (SSSR count). The molecular formula is C13H12N6O3. The molecule has 0 amide bonds. The summed E-state index contributed by atoms with van der Waals surface area (Å²) in [6.07, 6.45) is 5.89. The van der Waals surface area contributed by atoms with Crippen LogP contribution in [-0.4, -0.2) is 42.3 Å². The molecule has 0 atom stereocenters. The summed E-state index contributed by atoms with van der Waals surface area (Å²) in [5.74, 6) is -0.104. The normalized spacial score (nSPS) is 10.6. The molecule has 0 saturated carbocycles. The highest BCUT2D eigenvalue weighted by Gasteiger charge is 2.12. The van der Waals surface area contributed by atoms with E-state index in [-0.39, 0.29) is 12.2 Å². The van der Waals surface area contributed by atoms with Crippen LogP contribution < -0.4 is 5.56 Å². The lowest BCUT2D eigenvalue weighted by Crippen LogP contribution is -2.19. The van der Waals surface area contributed by atoms with Crippen LogP contribution in [-0.2, 0) is 4.74 Å². The van der Waals surface area contributed by atoms with Crippen LogP contribution in [0.2, 0.25) is 0 Å². The van der Waals surface area contributed by atoms with Crippen LogP contribution in [0.4, 0.5) is 0 Å². The van der Waals surface area contributed by atoms with E-state index < -0.39 is 5.97 Å². The first-order chi connectivity index (χ1) is 10.7. The number of carbonyl (C=O) groups excluding carboxylic acids is 1. The summed E-state index contributed by atoms with van der Waals surface area (Å²) < 4.78 is 7.47. The van der Waals surface area contributed by atoms with Crippen molar-refractivity contribution in [2.75, 3.05) is 6.61 Å². The number of pyridine rings is 1. The molecule has 3 heterocycles. The molecule has 9 heteroatoms. The van der Waals surface area contributed by atoms with E-state index in [1.54, 1.807) is 25.3 Å². The summed E-state index contributed by atoms with van der Waals surface area (Å²) in [4.78, 5) is 28.0. The molecule has 0 aliphatic carbocycles. The molecule has 9 nitrogen and oxygen atoms in total. The van der Waals surface area contributed by atoms with Gasteiger partial charge >= 0.3 is 5.97 Å². The molecule has 112 valence electrons. The summed E-state index contributed by atoms with van der Waals surface area (Å²) >= 11 is 0. The minimum atomic E-state index is -0.455. The second-order valence-corrected chi connectivity index (χ2v) is 4.27. The molecular weight excluding hydrogens is 288 g/mol. The van der Waals surface area contributed by atoms with Gasteiger partial charge in [0.15, 0.2) is 11.5 Å². The maximum Gasteiger partial charge on any atom is 0.339 e. The van der Waals surface area contributed by atoms with Crippen LogP contribution in [0.15, 0.2) is 41.7 Å². The molecule has 0 aliphatic rings. The Morgan fingerprint density at radius 2 is 2.27 bits per heavy atom. The van der Waals surface area contributed by atoms with Crippen LogP contribution >= 0.6 is 0 Å². The predicted octanol–water partition coefficient (Wildman–Crippen LogP) is 0.318. The van der Waals surface area contributed by atoms with E-state index in [4.69, 9.17) is 4.74 Å². The fourth-order valence-corrected chi connectivity index (χ4v) is 1.89. The number of aromatic nitrogens is 6. The molecule has 0 fully saturated rings. The number of nitrogens with one attached hydrogen (secondary N) is 1. The fraction of sp³-hybridized carbons (Fsp3) is 0.154. The third-order valence-corrected chi connectivity index (χ3v) is 2.91. The van der Waals surface area contributed by atoms with E-state index in [0.29, 0.717) is 17.1 Å². The Morgan fingerprint density at radius 3 is 2.91 bits per heavy atom. The van der Waals surface area contributed by atoms with Gasteiger partial charge in [-0.1, -0.05) is 5.21 Å². The fourth-order valence-electron chi connectivity index (χ4n) is 1.89. The summed E-state index contributed by atoms with van der Waals surface area (Å²) in [7, 11) is 0. The summed E-state index contributed by atoms with van der Waals surface area (Å²) in [6.45, 7) is 2.02. The number of ether oxygens (including phenoxy) is 1. The molecule has 3 aromatic rings. The predicted molar refractivity (Wildman–Crippen MR) is 75.1 cm³/mol. The highest BCUT2D eigenvalue weighted by molar-refractivity contribution is 5.89. The van der Waals surface area contributed by atoms with Gasteiger partial charge in [-0.3, -0.25) is 9.89 Å². The zero-order valence-corrected chi connectivity index (χ0v) is 11.6. The van der Waals surface area contributed by atoms with Crippen LogP contribution in [0, 0.1) is 0 Å². The lowest BCUT2D eigenvalue weighted by molar-refractivity contribution is 0.0526. The van der Waals surface area contributed by atoms with Gasteiger partial charge < -0.3 is 4.74 Å². The third kappa shape index (κ3) is 2.39. The number of hydrogen-bond acceptors (Lipinski definition) is 6. The van der Waals surface area contributed by atoms with Crippen molar-refractivity contribution in [1.82, 2.24) is 29.8 Å². The molecule has 0 radical (unpaired) electrons. The van der Waals surface area contributed by atoms with E-state index in [2.05, 4.69) is 20.4 Å². The summed E-state index contributed by atoms with van der Waals surface area (Å²) in [6, 6.07) is 3.10. The minimum absolute atomic E-state index is 0.290. The lowest BCUT2D eigenvalue weighted by atomic mass is 10.3. The first-order valence-electron chi connectivity index (χ1n) is 6.51. The number of hydrogen-bond donors (Lipinski definition) is 1. The Kier molecular flexibility index (Phi) is 3.52. The standard InChI is InChI=1S/C13H12N6O3/c1-2-22-13(21)9-3-4-11(14-7-9)19-12(20)10(8-16-19)18-6-5-15-17-18/h3-8,16H,2H2,1H3. The first-order valence-corrected chi connectivity index (χ1v) is 6.51. The summed E-state index contributed by atoms with van der Waals surface area (Å²) in [5.41, 5.74) is 0.303. The Labute approximate surface area is 124 Å². The topological polar surface area (TPSA) is 108 Å². The van der Waals surface area contributed by atoms with E-state index in [1.165, 1.54) is 28.0 Å². The second kappa shape index (κ2) is 5.64. The van der Waals surface area contributed by atoms with Crippen LogP contribution in [0.25, 0.3) is 11.5 Å². The molecule has 0 aromatic carbocycles. The zero-order valence-electron chi connectivity index (χ0n) is 11.6. The quantitative estimate of drug-likeness (QED) is 0.695. The van der Waals surface area contributed by atoms with Crippen molar-refractivity contribution in [3.05, 3.63) is 52.8 Å².